The van der Waals surface area contributed by atoms with Crippen molar-refractivity contribution in [2.45, 2.75) is 40.2 Å². The lowest BCUT2D eigenvalue weighted by Gasteiger charge is -2.25. The number of rotatable bonds is 7. The molecule has 0 aromatic carbocycles. The van der Waals surface area contributed by atoms with Crippen molar-refractivity contribution in [1.29, 1.82) is 0 Å². The summed E-state index contributed by atoms with van der Waals surface area (Å²) in [5.74, 6) is 2.71. The van der Waals surface area contributed by atoms with Crippen LogP contribution in [0.15, 0.2) is 0 Å². The van der Waals surface area contributed by atoms with E-state index in [4.69, 9.17) is 0 Å². The SMILES string of the molecule is CC(C)CNCC(C)N(C)CC1CC1C. The number of likely N-dealkylation sites (N-methyl/N-ethyl adjacent to an activating group) is 1. The molecule has 15 heavy (non-hydrogen) atoms. The fourth-order valence-corrected chi connectivity index (χ4v) is 1.94. The average Bonchev–Trinajstić information content (AvgIpc) is 2.80. The maximum absolute atomic E-state index is 3.53. The van der Waals surface area contributed by atoms with Gasteiger partial charge in [-0.05, 0) is 44.7 Å². The van der Waals surface area contributed by atoms with Crippen molar-refractivity contribution in [2.24, 2.45) is 17.8 Å². The van der Waals surface area contributed by atoms with Crippen molar-refractivity contribution in [3.63, 3.8) is 0 Å². The number of hydrogen-bond donors (Lipinski definition) is 1. The molecule has 1 rings (SSSR count). The van der Waals surface area contributed by atoms with Crippen LogP contribution in [0, 0.1) is 17.8 Å². The van der Waals surface area contributed by atoms with Gasteiger partial charge in [0, 0.05) is 19.1 Å². The molecule has 2 nitrogen and oxygen atoms in total. The molecule has 1 fully saturated rings. The molecular weight excluding hydrogens is 184 g/mol. The van der Waals surface area contributed by atoms with Gasteiger partial charge in [0.25, 0.3) is 0 Å². The van der Waals surface area contributed by atoms with Gasteiger partial charge >= 0.3 is 0 Å². The van der Waals surface area contributed by atoms with E-state index in [0.29, 0.717) is 6.04 Å². The molecule has 0 saturated heterocycles. The van der Waals surface area contributed by atoms with Crippen LogP contribution in [-0.4, -0.2) is 37.6 Å². The Hall–Kier alpha value is -0.0800. The van der Waals surface area contributed by atoms with E-state index in [0.717, 1.165) is 30.8 Å². The molecule has 2 heteroatoms. The van der Waals surface area contributed by atoms with E-state index in [1.165, 1.54) is 13.0 Å². The fourth-order valence-electron chi connectivity index (χ4n) is 1.94. The minimum Gasteiger partial charge on any atom is -0.315 e. The largest absolute Gasteiger partial charge is 0.315 e. The maximum Gasteiger partial charge on any atom is 0.0189 e. The summed E-state index contributed by atoms with van der Waals surface area (Å²) in [7, 11) is 2.26. The van der Waals surface area contributed by atoms with E-state index in [1.54, 1.807) is 0 Å². The maximum atomic E-state index is 3.53. The summed E-state index contributed by atoms with van der Waals surface area (Å²) in [6.45, 7) is 12.7. The summed E-state index contributed by atoms with van der Waals surface area (Å²) in [5, 5.41) is 3.53. The van der Waals surface area contributed by atoms with Crippen LogP contribution in [0.2, 0.25) is 0 Å². The fraction of sp³-hybridized carbons (Fsp3) is 1.00. The molecule has 3 atom stereocenters. The number of hydrogen-bond acceptors (Lipinski definition) is 2. The monoisotopic (exact) mass is 212 g/mol. The molecule has 0 heterocycles. The van der Waals surface area contributed by atoms with Crippen molar-refractivity contribution < 1.29 is 0 Å². The van der Waals surface area contributed by atoms with Crippen molar-refractivity contribution in [2.75, 3.05) is 26.7 Å². The molecule has 0 radical (unpaired) electrons. The van der Waals surface area contributed by atoms with Crippen LogP contribution < -0.4 is 5.32 Å². The molecule has 0 aromatic heterocycles. The third-order valence-corrected chi connectivity index (χ3v) is 3.54. The topological polar surface area (TPSA) is 15.3 Å². The summed E-state index contributed by atoms with van der Waals surface area (Å²) in [5.41, 5.74) is 0. The first-order chi connectivity index (χ1) is 7.00. The minimum absolute atomic E-state index is 0.663. The smallest absolute Gasteiger partial charge is 0.0189 e. The molecular formula is C13H28N2. The zero-order chi connectivity index (χ0) is 11.4. The van der Waals surface area contributed by atoms with Gasteiger partial charge in [-0.2, -0.15) is 0 Å². The van der Waals surface area contributed by atoms with Crippen molar-refractivity contribution >= 4 is 0 Å². The Morgan fingerprint density at radius 3 is 2.33 bits per heavy atom. The van der Waals surface area contributed by atoms with Gasteiger partial charge in [0.2, 0.25) is 0 Å². The predicted octanol–water partition coefficient (Wildman–Crippen LogP) is 2.21. The van der Waals surface area contributed by atoms with E-state index >= 15 is 0 Å². The number of nitrogens with zero attached hydrogens (tertiary/aromatic N) is 1. The van der Waals surface area contributed by atoms with E-state index in [-0.39, 0.29) is 0 Å². The molecule has 0 spiro atoms. The second-order valence-corrected chi connectivity index (χ2v) is 5.81. The van der Waals surface area contributed by atoms with Gasteiger partial charge in [0.05, 0.1) is 0 Å². The second-order valence-electron chi connectivity index (χ2n) is 5.81. The second kappa shape index (κ2) is 5.86. The summed E-state index contributed by atoms with van der Waals surface area (Å²) < 4.78 is 0. The molecule has 1 aliphatic carbocycles. The van der Waals surface area contributed by atoms with Gasteiger partial charge in [0.15, 0.2) is 0 Å². The van der Waals surface area contributed by atoms with Crippen LogP contribution in [0.4, 0.5) is 0 Å². The van der Waals surface area contributed by atoms with Crippen LogP contribution >= 0.6 is 0 Å². The van der Waals surface area contributed by atoms with Gasteiger partial charge in [-0.3, -0.25) is 0 Å². The zero-order valence-corrected chi connectivity index (χ0v) is 11.1. The molecule has 0 amide bonds. The van der Waals surface area contributed by atoms with Crippen LogP contribution in [-0.2, 0) is 0 Å². The average molecular weight is 212 g/mol. The van der Waals surface area contributed by atoms with E-state index < -0.39 is 0 Å². The highest BCUT2D eigenvalue weighted by Gasteiger charge is 2.33. The van der Waals surface area contributed by atoms with Gasteiger partial charge < -0.3 is 10.2 Å². The normalized spacial score (nSPS) is 27.4. The van der Waals surface area contributed by atoms with Crippen molar-refractivity contribution in [3.8, 4) is 0 Å². The molecule has 3 unspecified atom stereocenters. The number of nitrogens with one attached hydrogen (secondary N) is 1. The Kier molecular flexibility index (Phi) is 5.07. The standard InChI is InChI=1S/C13H28N2/c1-10(2)7-14-8-12(4)15(5)9-13-6-11(13)3/h10-14H,6-9H2,1-5H3. The van der Waals surface area contributed by atoms with E-state index in [1.807, 2.05) is 0 Å². The molecule has 0 aromatic rings. The van der Waals surface area contributed by atoms with Crippen molar-refractivity contribution in [3.05, 3.63) is 0 Å². The Bertz CT molecular complexity index is 179. The molecule has 1 N–H and O–H groups in total. The van der Waals surface area contributed by atoms with Crippen LogP contribution in [0.5, 0.6) is 0 Å². The summed E-state index contributed by atoms with van der Waals surface area (Å²) in [6, 6.07) is 0.663. The van der Waals surface area contributed by atoms with Gasteiger partial charge in [-0.15, -0.1) is 0 Å². The Balaban J connectivity index is 2.07. The highest BCUT2D eigenvalue weighted by atomic mass is 15.1. The Labute approximate surface area is 95.4 Å². The molecule has 1 saturated carbocycles. The highest BCUT2D eigenvalue weighted by Crippen LogP contribution is 2.38. The third kappa shape index (κ3) is 4.98. The van der Waals surface area contributed by atoms with Crippen LogP contribution in [0.25, 0.3) is 0 Å². The lowest BCUT2D eigenvalue weighted by atomic mass is 10.2. The Morgan fingerprint density at radius 2 is 1.87 bits per heavy atom. The van der Waals surface area contributed by atoms with Gasteiger partial charge in [-0.25, -0.2) is 0 Å². The lowest BCUT2D eigenvalue weighted by Crippen LogP contribution is -2.40. The molecule has 1 aliphatic rings. The molecule has 0 bridgehead atoms. The first-order valence-electron chi connectivity index (χ1n) is 6.41. The summed E-state index contributed by atoms with van der Waals surface area (Å²) in [6.07, 6.45) is 1.44. The highest BCUT2D eigenvalue weighted by molar-refractivity contribution is 4.85. The Morgan fingerprint density at radius 1 is 1.27 bits per heavy atom. The minimum atomic E-state index is 0.663. The van der Waals surface area contributed by atoms with E-state index in [9.17, 15) is 0 Å². The predicted molar refractivity (Wildman–Crippen MR) is 67.1 cm³/mol. The lowest BCUT2D eigenvalue weighted by molar-refractivity contribution is 0.236. The van der Waals surface area contributed by atoms with Gasteiger partial charge in [0.1, 0.15) is 0 Å². The van der Waals surface area contributed by atoms with Crippen molar-refractivity contribution in [1.82, 2.24) is 10.2 Å². The first-order valence-corrected chi connectivity index (χ1v) is 6.41. The molecule has 0 aliphatic heterocycles. The van der Waals surface area contributed by atoms with E-state index in [2.05, 4.69) is 45.0 Å². The summed E-state index contributed by atoms with van der Waals surface area (Å²) in [4.78, 5) is 2.50. The van der Waals surface area contributed by atoms with Crippen LogP contribution in [0.3, 0.4) is 0 Å². The summed E-state index contributed by atoms with van der Waals surface area (Å²) >= 11 is 0. The quantitative estimate of drug-likeness (QED) is 0.696. The van der Waals surface area contributed by atoms with Gasteiger partial charge in [-0.1, -0.05) is 20.8 Å². The third-order valence-electron chi connectivity index (χ3n) is 3.54. The first kappa shape index (κ1) is 13.0. The van der Waals surface area contributed by atoms with Crippen LogP contribution in [0.1, 0.15) is 34.1 Å². The zero-order valence-electron chi connectivity index (χ0n) is 11.1. The molecule has 90 valence electrons.